The molecule has 3 atom stereocenters. The minimum atomic E-state index is -3.11. The summed E-state index contributed by atoms with van der Waals surface area (Å²) >= 11 is 0. The Balaban J connectivity index is 2.01. The maximum Gasteiger partial charge on any atom is 0.345 e. The minimum Gasteiger partial charge on any atom is -0.599 e. The first-order valence-electron chi connectivity index (χ1n) is 11.1. The van der Waals surface area contributed by atoms with Crippen LogP contribution < -0.4 is 5.23 Å². The van der Waals surface area contributed by atoms with Crippen LogP contribution in [0.5, 0.6) is 0 Å². The van der Waals surface area contributed by atoms with Gasteiger partial charge in [-0.1, -0.05) is 24.3 Å². The molecule has 9 nitrogen and oxygen atoms in total. The van der Waals surface area contributed by atoms with Gasteiger partial charge < -0.3 is 20.0 Å². The van der Waals surface area contributed by atoms with Gasteiger partial charge in [0.25, 0.3) is 11.8 Å². The number of amides is 1. The first-order valence-corrected chi connectivity index (χ1v) is 11.1. The number of halogens is 2. The molecule has 0 aromatic heterocycles. The molecule has 0 saturated heterocycles. The van der Waals surface area contributed by atoms with E-state index < -0.39 is 34.9 Å². The van der Waals surface area contributed by atoms with Crippen LogP contribution in [0.15, 0.2) is 53.9 Å². The average molecular weight is 494 g/mol. The number of carbonyl (C=O) groups is 2. The zero-order chi connectivity index (χ0) is 26.1. The average Bonchev–Trinajstić information content (AvgIpc) is 2.78. The number of alkyl halides is 2. The van der Waals surface area contributed by atoms with Crippen molar-refractivity contribution in [3.63, 3.8) is 0 Å². The number of nitrogens with zero attached hydrogens (tertiary/aromatic N) is 2. The third-order valence-corrected chi connectivity index (χ3v) is 6.19. The number of rotatable bonds is 7. The van der Waals surface area contributed by atoms with Crippen LogP contribution in [0.4, 0.5) is 8.78 Å². The summed E-state index contributed by atoms with van der Waals surface area (Å²) < 4.78 is 33.1. The van der Waals surface area contributed by atoms with Crippen molar-refractivity contribution < 1.29 is 38.6 Å². The summed E-state index contributed by atoms with van der Waals surface area (Å²) in [5, 5.41) is 31.1. The number of allylic oxidation sites excluding steroid dienone is 1. The Labute approximate surface area is 201 Å². The summed E-state index contributed by atoms with van der Waals surface area (Å²) in [6.45, 7) is 5.15. The highest BCUT2D eigenvalue weighted by molar-refractivity contribution is 6.16. The molecule has 3 rings (SSSR count). The van der Waals surface area contributed by atoms with Crippen LogP contribution >= 0.6 is 0 Å². The van der Waals surface area contributed by atoms with Crippen LogP contribution in [0.1, 0.15) is 43.9 Å². The molecule has 1 aromatic rings. The SMILES string of the molecule is CCOC(=O)C1=CN(C2=CCC(C)([NH+]([O-])O)C=C2)C(O)N(Cc2cccc(C(C)(F)F)c2C)C1=O. The maximum absolute atomic E-state index is 14.0. The normalized spacial score (nSPS) is 23.7. The van der Waals surface area contributed by atoms with E-state index in [1.165, 1.54) is 36.1 Å². The Morgan fingerprint density at radius 3 is 2.63 bits per heavy atom. The van der Waals surface area contributed by atoms with Gasteiger partial charge in [-0.25, -0.2) is 24.0 Å². The fourth-order valence-corrected chi connectivity index (χ4v) is 3.97. The molecule has 1 heterocycles. The molecule has 1 aliphatic carbocycles. The van der Waals surface area contributed by atoms with E-state index in [9.17, 15) is 33.9 Å². The van der Waals surface area contributed by atoms with E-state index in [2.05, 4.69) is 0 Å². The highest BCUT2D eigenvalue weighted by Gasteiger charge is 2.40. The van der Waals surface area contributed by atoms with Crippen molar-refractivity contribution in [3.05, 3.63) is 75.8 Å². The highest BCUT2D eigenvalue weighted by atomic mass is 19.3. The Bertz CT molecular complexity index is 1100. The summed E-state index contributed by atoms with van der Waals surface area (Å²) in [5.74, 6) is -4.84. The summed E-state index contributed by atoms with van der Waals surface area (Å²) in [6.07, 6.45) is 4.21. The lowest BCUT2D eigenvalue weighted by atomic mass is 9.92. The molecule has 1 aromatic carbocycles. The van der Waals surface area contributed by atoms with Gasteiger partial charge in [0, 0.05) is 30.8 Å². The molecule has 2 aliphatic rings. The Morgan fingerprint density at radius 2 is 2.09 bits per heavy atom. The number of aliphatic hydroxyl groups excluding tert-OH is 1. The number of carbonyl (C=O) groups excluding carboxylic acids is 2. The second-order valence-electron chi connectivity index (χ2n) is 8.82. The number of hydrogen-bond donors (Lipinski definition) is 3. The second kappa shape index (κ2) is 9.86. The quantitative estimate of drug-likeness (QED) is 0.301. The van der Waals surface area contributed by atoms with Crippen LogP contribution in [0, 0.1) is 12.1 Å². The highest BCUT2D eigenvalue weighted by Crippen LogP contribution is 2.33. The fraction of sp³-hybridized carbons (Fsp3) is 0.417. The second-order valence-corrected chi connectivity index (χ2v) is 8.82. The van der Waals surface area contributed by atoms with Crippen molar-refractivity contribution in [3.8, 4) is 0 Å². The number of benzene rings is 1. The standard InChI is InChI=1S/C24H29F2N3O6/c1-5-35-21(31)18-14-27(17-9-11-23(3,12-10-17)29(33)34)22(32)28(20(18)30)13-16-7-6-8-19(15(16)2)24(4,25)26/h6-11,14,22,29,32-33H,5,12-13H2,1-4H3. The van der Waals surface area contributed by atoms with E-state index in [0.29, 0.717) is 11.3 Å². The predicted octanol–water partition coefficient (Wildman–Crippen LogP) is 1.85. The number of esters is 1. The summed E-state index contributed by atoms with van der Waals surface area (Å²) in [5.41, 5.74) is -0.719. The van der Waals surface area contributed by atoms with Crippen molar-refractivity contribution in [2.24, 2.45) is 0 Å². The fourth-order valence-electron chi connectivity index (χ4n) is 3.97. The molecule has 3 unspecified atom stereocenters. The van der Waals surface area contributed by atoms with Crippen LogP contribution in [-0.2, 0) is 26.8 Å². The van der Waals surface area contributed by atoms with E-state index in [-0.39, 0.29) is 36.3 Å². The number of ether oxygens (including phenoxy) is 1. The van der Waals surface area contributed by atoms with Crippen LogP contribution in [0.2, 0.25) is 0 Å². The van der Waals surface area contributed by atoms with Crippen molar-refractivity contribution in [2.45, 2.75) is 58.5 Å². The Hall–Kier alpha value is -3.12. The molecule has 1 amide bonds. The van der Waals surface area contributed by atoms with Crippen LogP contribution in [-0.4, -0.2) is 50.5 Å². The molecular weight excluding hydrogens is 464 g/mol. The van der Waals surface area contributed by atoms with Gasteiger partial charge in [0.1, 0.15) is 11.1 Å². The van der Waals surface area contributed by atoms with Crippen molar-refractivity contribution in [1.29, 1.82) is 0 Å². The molecule has 190 valence electrons. The van der Waals surface area contributed by atoms with Gasteiger partial charge in [-0.3, -0.25) is 9.69 Å². The van der Waals surface area contributed by atoms with Crippen LogP contribution in [0.3, 0.4) is 0 Å². The predicted molar refractivity (Wildman–Crippen MR) is 120 cm³/mol. The molecular formula is C24H29F2N3O6. The minimum absolute atomic E-state index is 0.0122. The number of nitrogens with one attached hydrogen (secondary N) is 1. The Morgan fingerprint density at radius 1 is 1.40 bits per heavy atom. The van der Waals surface area contributed by atoms with Crippen molar-refractivity contribution in [1.82, 2.24) is 9.80 Å². The lowest BCUT2D eigenvalue weighted by Gasteiger charge is -2.41. The van der Waals surface area contributed by atoms with E-state index in [1.807, 2.05) is 0 Å². The molecule has 11 heteroatoms. The van der Waals surface area contributed by atoms with E-state index in [1.54, 1.807) is 26.0 Å². The summed E-state index contributed by atoms with van der Waals surface area (Å²) in [4.78, 5) is 27.9. The van der Waals surface area contributed by atoms with E-state index in [4.69, 9.17) is 4.74 Å². The van der Waals surface area contributed by atoms with Crippen molar-refractivity contribution >= 4 is 11.9 Å². The lowest BCUT2D eigenvalue weighted by Crippen LogP contribution is -3.13. The van der Waals surface area contributed by atoms with Gasteiger partial charge in [0.2, 0.25) is 6.35 Å². The number of quaternary nitrogens is 1. The first-order chi connectivity index (χ1) is 16.3. The van der Waals surface area contributed by atoms with Crippen molar-refractivity contribution in [2.75, 3.05) is 6.61 Å². The molecule has 0 saturated carbocycles. The van der Waals surface area contributed by atoms with Crippen LogP contribution in [0.25, 0.3) is 0 Å². The summed E-state index contributed by atoms with van der Waals surface area (Å²) in [6, 6.07) is 4.30. The number of hydroxylamine groups is 2. The number of hydrogen-bond acceptors (Lipinski definition) is 7. The molecule has 0 radical (unpaired) electrons. The molecule has 35 heavy (non-hydrogen) atoms. The van der Waals surface area contributed by atoms with Gasteiger partial charge >= 0.3 is 5.97 Å². The number of aliphatic hydroxyl groups is 1. The molecule has 3 N–H and O–H groups in total. The zero-order valence-corrected chi connectivity index (χ0v) is 19.9. The zero-order valence-electron chi connectivity index (χ0n) is 19.9. The lowest BCUT2D eigenvalue weighted by molar-refractivity contribution is -1.08. The maximum atomic E-state index is 14.0. The third-order valence-electron chi connectivity index (χ3n) is 6.19. The molecule has 0 fully saturated rings. The van der Waals surface area contributed by atoms with Gasteiger partial charge in [-0.05, 0) is 44.1 Å². The van der Waals surface area contributed by atoms with E-state index >= 15 is 0 Å². The smallest absolute Gasteiger partial charge is 0.345 e. The molecule has 0 spiro atoms. The van der Waals surface area contributed by atoms with Gasteiger partial charge in [-0.15, -0.1) is 0 Å². The van der Waals surface area contributed by atoms with E-state index in [0.717, 1.165) is 18.0 Å². The molecule has 1 aliphatic heterocycles. The third kappa shape index (κ3) is 5.27. The monoisotopic (exact) mass is 493 g/mol. The molecule has 0 bridgehead atoms. The topological polar surface area (TPSA) is 118 Å². The van der Waals surface area contributed by atoms with Gasteiger partial charge in [0.15, 0.2) is 0 Å². The van der Waals surface area contributed by atoms with Gasteiger partial charge in [-0.2, -0.15) is 0 Å². The van der Waals surface area contributed by atoms with Gasteiger partial charge in [0.05, 0.1) is 13.2 Å². The summed E-state index contributed by atoms with van der Waals surface area (Å²) in [7, 11) is 0. The first kappa shape index (κ1) is 26.5. The largest absolute Gasteiger partial charge is 0.599 e. The Kier molecular flexibility index (Phi) is 7.46.